The molecule has 2 rings (SSSR count). The maximum atomic E-state index is 12.3. The van der Waals surface area contributed by atoms with Gasteiger partial charge in [0.05, 0.1) is 0 Å². The second kappa shape index (κ2) is 8.55. The molecule has 0 bridgehead atoms. The number of hydrogen-bond acceptors (Lipinski definition) is 5. The molecule has 0 saturated heterocycles. The summed E-state index contributed by atoms with van der Waals surface area (Å²) >= 11 is -5.18. The van der Waals surface area contributed by atoms with Gasteiger partial charge in [-0.3, -0.25) is 0 Å². The number of rotatable bonds is 4. The smallest absolute Gasteiger partial charge is 1.00 e. The number of aromatic hydroxyl groups is 1. The molecule has 0 spiro atoms. The molecule has 122 valence electrons. The van der Waals surface area contributed by atoms with Crippen molar-refractivity contribution >= 4 is 36.1 Å². The molecule has 0 aliphatic heterocycles. The Labute approximate surface area is 164 Å². The molecular weight excluding hydrogens is 388 g/mol. The topological polar surface area (TPSA) is 113 Å². The average molecular weight is 403 g/mol. The summed E-state index contributed by atoms with van der Waals surface area (Å²) in [4.78, 5) is 23.0. The fraction of sp³-hybridized carbons (Fsp3) is 0.0667. The molecule has 0 fully saturated rings. The van der Waals surface area contributed by atoms with Crippen molar-refractivity contribution in [3.05, 3.63) is 54.1 Å². The second-order valence-electron chi connectivity index (χ2n) is 4.65. The molecule has 9 heteroatoms. The summed E-state index contributed by atoms with van der Waals surface area (Å²) in [6.45, 7) is 1.23. The van der Waals surface area contributed by atoms with Crippen molar-refractivity contribution in [2.45, 2.75) is 6.92 Å². The van der Waals surface area contributed by atoms with Crippen LogP contribution in [0.1, 0.15) is 18.7 Å². The Kier molecular flexibility index (Phi) is 7.32. The van der Waals surface area contributed by atoms with Crippen molar-refractivity contribution < 1.29 is 57.2 Å². The molecule has 1 unspecified atom stereocenters. The molecule has 0 saturated carbocycles. The average Bonchev–Trinajstić information content (AvgIpc) is 2.49. The van der Waals surface area contributed by atoms with Crippen molar-refractivity contribution in [1.82, 2.24) is 0 Å². The van der Waals surface area contributed by atoms with E-state index in [0.29, 0.717) is 0 Å². The minimum atomic E-state index is -5.18. The number of benzene rings is 2. The van der Waals surface area contributed by atoms with E-state index in [4.69, 9.17) is 3.73 Å². The zero-order chi connectivity index (χ0) is 17.0. The molecule has 24 heavy (non-hydrogen) atoms. The van der Waals surface area contributed by atoms with Crippen LogP contribution in [0.5, 0.6) is 5.75 Å². The molecule has 7 nitrogen and oxygen atoms in total. The van der Waals surface area contributed by atoms with Gasteiger partial charge in [-0.15, -0.1) is 0 Å². The van der Waals surface area contributed by atoms with Crippen molar-refractivity contribution in [3.63, 3.8) is 0 Å². The molecule has 0 heterocycles. The standard InChI is InChI=1S/C15H14AsNO6.Na.H/c1-10(18)17-13-9-12(7-8-14(13)19)16(21,22)23-15(20)11-5-3-2-4-6-11;;/h2-9,19H,1H3,(H,17,18)(H,21,22);;/q;+1;-1. The third-order valence-corrected chi connectivity index (χ3v) is 5.65. The summed E-state index contributed by atoms with van der Waals surface area (Å²) in [6, 6.07) is 11.2. The fourth-order valence-electron chi connectivity index (χ4n) is 1.78. The van der Waals surface area contributed by atoms with Crippen LogP contribution < -0.4 is 39.2 Å². The van der Waals surface area contributed by atoms with Gasteiger partial charge in [0, 0.05) is 0 Å². The van der Waals surface area contributed by atoms with Crippen LogP contribution in [0.25, 0.3) is 0 Å². The van der Waals surface area contributed by atoms with Crippen LogP contribution in [0.2, 0.25) is 0 Å². The van der Waals surface area contributed by atoms with Gasteiger partial charge < -0.3 is 1.43 Å². The molecule has 0 aromatic heterocycles. The number of anilines is 1. The third-order valence-electron chi connectivity index (χ3n) is 2.83. The Morgan fingerprint density at radius 2 is 1.79 bits per heavy atom. The molecular formula is C15H15AsNNaO6. The summed E-state index contributed by atoms with van der Waals surface area (Å²) in [5, 5.41) is 11.9. The Morgan fingerprint density at radius 3 is 2.38 bits per heavy atom. The first kappa shape index (κ1) is 20.5. The Bertz CT molecular complexity index is 802. The molecule has 2 aromatic rings. The summed E-state index contributed by atoms with van der Waals surface area (Å²) in [5.74, 6) is -1.66. The van der Waals surface area contributed by atoms with Crippen molar-refractivity contribution in [2.24, 2.45) is 0 Å². The number of carbonyl (C=O) groups excluding carboxylic acids is 2. The summed E-state index contributed by atoms with van der Waals surface area (Å²) in [5.41, 5.74) is 0.102. The van der Waals surface area contributed by atoms with Crippen LogP contribution in [-0.2, 0) is 12.3 Å². The van der Waals surface area contributed by atoms with E-state index in [2.05, 4.69) is 5.32 Å². The number of carbonyl (C=O) groups is 2. The van der Waals surface area contributed by atoms with Gasteiger partial charge in [0.15, 0.2) is 0 Å². The first-order chi connectivity index (χ1) is 10.8. The van der Waals surface area contributed by atoms with Gasteiger partial charge in [-0.1, -0.05) is 0 Å². The predicted molar refractivity (Wildman–Crippen MR) is 83.7 cm³/mol. The van der Waals surface area contributed by atoms with E-state index in [1.807, 2.05) is 0 Å². The van der Waals surface area contributed by atoms with Crippen LogP contribution in [0.15, 0.2) is 48.5 Å². The summed E-state index contributed by atoms with van der Waals surface area (Å²) in [6.07, 6.45) is 0. The SMILES string of the molecule is CC(=O)Nc1cc([As](=O)(O)OC(=O)c2ccccc2)ccc1O.[H-].[Na+]. The molecule has 0 aliphatic carbocycles. The van der Waals surface area contributed by atoms with Crippen LogP contribution in [0.4, 0.5) is 5.69 Å². The zero-order valence-corrected chi connectivity index (χ0v) is 17.0. The Hall–Kier alpha value is -1.50. The first-order valence-electron chi connectivity index (χ1n) is 6.52. The van der Waals surface area contributed by atoms with Gasteiger partial charge in [0.1, 0.15) is 0 Å². The van der Waals surface area contributed by atoms with E-state index in [1.165, 1.54) is 25.1 Å². The number of hydrogen-bond donors (Lipinski definition) is 3. The van der Waals surface area contributed by atoms with Crippen LogP contribution >= 0.6 is 0 Å². The molecule has 3 N–H and O–H groups in total. The Balaban J connectivity index is 0.00000288. The molecule has 0 aliphatic rings. The molecule has 1 atom stereocenters. The van der Waals surface area contributed by atoms with E-state index in [-0.39, 0.29) is 52.3 Å². The zero-order valence-electron chi connectivity index (χ0n) is 14.1. The normalized spacial score (nSPS) is 12.4. The minimum Gasteiger partial charge on any atom is -1.00 e. The number of phenolic OH excluding ortho intramolecular Hbond substituents is 1. The Morgan fingerprint density at radius 1 is 1.17 bits per heavy atom. The summed E-state index contributed by atoms with van der Waals surface area (Å²) in [7, 11) is 0. The number of amides is 1. The third kappa shape index (κ3) is 5.26. The molecule has 0 radical (unpaired) electrons. The van der Waals surface area contributed by atoms with E-state index in [0.717, 1.165) is 12.1 Å². The minimum absolute atomic E-state index is 0. The van der Waals surface area contributed by atoms with Crippen molar-refractivity contribution in [3.8, 4) is 5.75 Å². The quantitative estimate of drug-likeness (QED) is 0.398. The molecule has 2 aromatic carbocycles. The van der Waals surface area contributed by atoms with Crippen LogP contribution in [-0.4, -0.2) is 35.3 Å². The van der Waals surface area contributed by atoms with E-state index < -0.39 is 26.0 Å². The van der Waals surface area contributed by atoms with Crippen molar-refractivity contribution in [1.29, 1.82) is 0 Å². The first-order valence-corrected chi connectivity index (χ1v) is 9.83. The van der Waals surface area contributed by atoms with Gasteiger partial charge in [-0.25, -0.2) is 0 Å². The number of phenols is 1. The van der Waals surface area contributed by atoms with E-state index in [1.54, 1.807) is 18.2 Å². The monoisotopic (exact) mass is 403 g/mol. The van der Waals surface area contributed by atoms with Gasteiger partial charge in [-0.2, -0.15) is 0 Å². The van der Waals surface area contributed by atoms with E-state index in [9.17, 15) is 22.5 Å². The maximum absolute atomic E-state index is 12.3. The van der Waals surface area contributed by atoms with Gasteiger partial charge in [0.2, 0.25) is 0 Å². The summed E-state index contributed by atoms with van der Waals surface area (Å²) < 4.78 is 26.9. The van der Waals surface area contributed by atoms with E-state index >= 15 is 0 Å². The fourth-order valence-corrected chi connectivity index (χ4v) is 3.86. The van der Waals surface area contributed by atoms with Gasteiger partial charge in [0.25, 0.3) is 0 Å². The van der Waals surface area contributed by atoms with Crippen molar-refractivity contribution in [2.75, 3.05) is 5.32 Å². The predicted octanol–water partition coefficient (Wildman–Crippen LogP) is -2.11. The van der Waals surface area contributed by atoms with Gasteiger partial charge in [-0.05, 0) is 0 Å². The van der Waals surface area contributed by atoms with Gasteiger partial charge >= 0.3 is 164 Å². The second-order valence-corrected chi connectivity index (χ2v) is 8.30. The maximum Gasteiger partial charge on any atom is 1.00 e. The number of nitrogens with one attached hydrogen (secondary N) is 1. The molecule has 1 amide bonds. The van der Waals surface area contributed by atoms with Crippen LogP contribution in [0, 0.1) is 0 Å². The largest absolute Gasteiger partial charge is 1.00 e. The van der Waals surface area contributed by atoms with Crippen LogP contribution in [0.3, 0.4) is 0 Å².